The van der Waals surface area contributed by atoms with E-state index in [0.717, 1.165) is 21.3 Å². The Bertz CT molecular complexity index is 376. The summed E-state index contributed by atoms with van der Waals surface area (Å²) in [4.78, 5) is 7.00. The van der Waals surface area contributed by atoms with Crippen molar-refractivity contribution >= 4 is 37.7 Å². The summed E-state index contributed by atoms with van der Waals surface area (Å²) in [5.41, 5.74) is 0. The molecule has 0 amide bonds. The average molecular weight is 362 g/mol. The summed E-state index contributed by atoms with van der Waals surface area (Å²) >= 11 is 7.07. The molecule has 17 heavy (non-hydrogen) atoms. The van der Waals surface area contributed by atoms with Gasteiger partial charge in [-0.15, -0.1) is 0 Å². The molecule has 0 atom stereocenters. The van der Waals surface area contributed by atoms with Crippen LogP contribution in [0.4, 0.5) is 5.82 Å². The molecule has 0 saturated heterocycles. The van der Waals surface area contributed by atoms with Crippen LogP contribution in [0.2, 0.25) is 0 Å². The molecule has 0 radical (unpaired) electrons. The third-order valence-corrected chi connectivity index (χ3v) is 4.43. The van der Waals surface area contributed by atoms with Crippen molar-refractivity contribution in [3.63, 3.8) is 0 Å². The second-order valence-electron chi connectivity index (χ2n) is 4.54. The van der Waals surface area contributed by atoms with Gasteiger partial charge in [0.05, 0.1) is 4.47 Å². The van der Waals surface area contributed by atoms with Crippen molar-refractivity contribution < 1.29 is 0 Å². The lowest BCUT2D eigenvalue weighted by molar-refractivity contribution is 0.416. The SMILES string of the molecule is CCN(c1ncc(Br)cc1Br)C1CCCCC1. The summed E-state index contributed by atoms with van der Waals surface area (Å²) < 4.78 is 2.10. The fourth-order valence-corrected chi connectivity index (χ4v) is 3.81. The van der Waals surface area contributed by atoms with Crippen LogP contribution in [-0.4, -0.2) is 17.6 Å². The highest BCUT2D eigenvalue weighted by atomic mass is 79.9. The van der Waals surface area contributed by atoms with Gasteiger partial charge < -0.3 is 4.90 Å². The second-order valence-corrected chi connectivity index (χ2v) is 6.31. The molecule has 2 nitrogen and oxygen atoms in total. The molecular formula is C13H18Br2N2. The van der Waals surface area contributed by atoms with Gasteiger partial charge in [-0.1, -0.05) is 19.3 Å². The first kappa shape index (κ1) is 13.3. The minimum Gasteiger partial charge on any atom is -0.353 e. The third kappa shape index (κ3) is 3.22. The van der Waals surface area contributed by atoms with Crippen LogP contribution in [0.5, 0.6) is 0 Å². The molecule has 1 aromatic rings. The third-order valence-electron chi connectivity index (χ3n) is 3.42. The Hall–Kier alpha value is -0.0900. The number of pyridine rings is 1. The van der Waals surface area contributed by atoms with Crippen molar-refractivity contribution in [3.05, 3.63) is 21.2 Å². The van der Waals surface area contributed by atoms with Crippen LogP contribution in [0.25, 0.3) is 0 Å². The smallest absolute Gasteiger partial charge is 0.143 e. The molecule has 0 unspecified atom stereocenters. The molecule has 0 N–H and O–H groups in total. The first-order valence-corrected chi connectivity index (χ1v) is 7.88. The molecule has 94 valence electrons. The Balaban J connectivity index is 2.21. The zero-order chi connectivity index (χ0) is 12.3. The number of rotatable bonds is 3. The number of anilines is 1. The quantitative estimate of drug-likeness (QED) is 0.771. The maximum absolute atomic E-state index is 4.56. The van der Waals surface area contributed by atoms with Crippen LogP contribution in [0.3, 0.4) is 0 Å². The summed E-state index contributed by atoms with van der Waals surface area (Å²) in [7, 11) is 0. The van der Waals surface area contributed by atoms with Crippen LogP contribution in [0, 0.1) is 0 Å². The Morgan fingerprint density at radius 3 is 2.59 bits per heavy atom. The second kappa shape index (κ2) is 6.19. The summed E-state index contributed by atoms with van der Waals surface area (Å²) in [6.07, 6.45) is 8.59. The maximum atomic E-state index is 4.56. The molecule has 2 rings (SSSR count). The van der Waals surface area contributed by atoms with E-state index in [1.54, 1.807) is 0 Å². The molecule has 1 aliphatic carbocycles. The van der Waals surface area contributed by atoms with E-state index < -0.39 is 0 Å². The molecule has 1 heterocycles. The van der Waals surface area contributed by atoms with E-state index in [2.05, 4.69) is 54.7 Å². The number of hydrogen-bond acceptors (Lipinski definition) is 2. The van der Waals surface area contributed by atoms with Crippen molar-refractivity contribution in [1.29, 1.82) is 0 Å². The Kier molecular flexibility index (Phi) is 4.86. The van der Waals surface area contributed by atoms with Crippen molar-refractivity contribution in [2.45, 2.75) is 45.1 Å². The topological polar surface area (TPSA) is 16.1 Å². The highest BCUT2D eigenvalue weighted by molar-refractivity contribution is 9.11. The summed E-state index contributed by atoms with van der Waals surface area (Å²) in [6.45, 7) is 3.24. The molecule has 4 heteroatoms. The molecule has 0 spiro atoms. The highest BCUT2D eigenvalue weighted by Gasteiger charge is 2.22. The van der Waals surface area contributed by atoms with Crippen LogP contribution < -0.4 is 4.90 Å². The number of halogens is 2. The molecule has 1 saturated carbocycles. The highest BCUT2D eigenvalue weighted by Crippen LogP contribution is 2.31. The number of nitrogens with zero attached hydrogens (tertiary/aromatic N) is 2. The minimum atomic E-state index is 0.665. The molecule has 1 aromatic heterocycles. The Labute approximate surface area is 120 Å². The lowest BCUT2D eigenvalue weighted by Gasteiger charge is -2.35. The van der Waals surface area contributed by atoms with E-state index in [0.29, 0.717) is 6.04 Å². The Morgan fingerprint density at radius 2 is 2.00 bits per heavy atom. The van der Waals surface area contributed by atoms with E-state index >= 15 is 0 Å². The van der Waals surface area contributed by atoms with E-state index in [1.165, 1.54) is 32.1 Å². The standard InChI is InChI=1S/C13H18Br2N2/c1-2-17(11-6-4-3-5-7-11)13-12(15)8-10(14)9-16-13/h8-9,11H,2-7H2,1H3. The van der Waals surface area contributed by atoms with Crippen molar-refractivity contribution in [1.82, 2.24) is 4.98 Å². The summed E-state index contributed by atoms with van der Waals surface area (Å²) in [6, 6.07) is 2.74. The van der Waals surface area contributed by atoms with Gasteiger partial charge in [-0.3, -0.25) is 0 Å². The predicted octanol–water partition coefficient (Wildman–Crippen LogP) is 4.77. The monoisotopic (exact) mass is 360 g/mol. The van der Waals surface area contributed by atoms with Crippen LogP contribution in [0.15, 0.2) is 21.2 Å². The van der Waals surface area contributed by atoms with E-state index in [-0.39, 0.29) is 0 Å². The van der Waals surface area contributed by atoms with Crippen LogP contribution in [0.1, 0.15) is 39.0 Å². The van der Waals surface area contributed by atoms with Crippen molar-refractivity contribution in [2.24, 2.45) is 0 Å². The Morgan fingerprint density at radius 1 is 1.29 bits per heavy atom. The van der Waals surface area contributed by atoms with Gasteiger partial charge in [-0.05, 0) is 57.7 Å². The molecule has 0 bridgehead atoms. The van der Waals surface area contributed by atoms with Crippen LogP contribution in [-0.2, 0) is 0 Å². The van der Waals surface area contributed by atoms with Gasteiger partial charge in [0.15, 0.2) is 0 Å². The fourth-order valence-electron chi connectivity index (χ4n) is 2.59. The van der Waals surface area contributed by atoms with Crippen molar-refractivity contribution in [3.8, 4) is 0 Å². The van der Waals surface area contributed by atoms with Gasteiger partial charge in [-0.25, -0.2) is 4.98 Å². The average Bonchev–Trinajstić information content (AvgIpc) is 2.34. The van der Waals surface area contributed by atoms with Gasteiger partial charge >= 0.3 is 0 Å². The zero-order valence-corrected chi connectivity index (χ0v) is 13.3. The van der Waals surface area contributed by atoms with Gasteiger partial charge in [0, 0.05) is 23.3 Å². The fraction of sp³-hybridized carbons (Fsp3) is 0.615. The lowest BCUT2D eigenvalue weighted by atomic mass is 9.94. The maximum Gasteiger partial charge on any atom is 0.143 e. The van der Waals surface area contributed by atoms with Crippen LogP contribution >= 0.6 is 31.9 Å². The number of aromatic nitrogens is 1. The first-order chi connectivity index (χ1) is 8.22. The van der Waals surface area contributed by atoms with Gasteiger partial charge in [0.25, 0.3) is 0 Å². The van der Waals surface area contributed by atoms with E-state index in [1.807, 2.05) is 6.20 Å². The van der Waals surface area contributed by atoms with Gasteiger partial charge in [-0.2, -0.15) is 0 Å². The largest absolute Gasteiger partial charge is 0.353 e. The molecule has 1 fully saturated rings. The lowest BCUT2D eigenvalue weighted by Crippen LogP contribution is -2.37. The van der Waals surface area contributed by atoms with Crippen molar-refractivity contribution in [2.75, 3.05) is 11.4 Å². The zero-order valence-electron chi connectivity index (χ0n) is 10.1. The van der Waals surface area contributed by atoms with Gasteiger partial charge in [0.2, 0.25) is 0 Å². The molecule has 0 aromatic carbocycles. The van der Waals surface area contributed by atoms with E-state index in [9.17, 15) is 0 Å². The number of hydrogen-bond donors (Lipinski definition) is 0. The van der Waals surface area contributed by atoms with Gasteiger partial charge in [0.1, 0.15) is 5.82 Å². The molecule has 0 aliphatic heterocycles. The summed E-state index contributed by atoms with van der Waals surface area (Å²) in [5, 5.41) is 0. The van der Waals surface area contributed by atoms with E-state index in [4.69, 9.17) is 0 Å². The molecular weight excluding hydrogens is 344 g/mol. The predicted molar refractivity (Wildman–Crippen MR) is 79.5 cm³/mol. The first-order valence-electron chi connectivity index (χ1n) is 6.30. The molecule has 1 aliphatic rings. The normalized spacial score (nSPS) is 17.1. The minimum absolute atomic E-state index is 0.665. The summed E-state index contributed by atoms with van der Waals surface area (Å²) in [5.74, 6) is 1.09.